The van der Waals surface area contributed by atoms with E-state index in [-0.39, 0.29) is 18.5 Å². The third-order valence-corrected chi connectivity index (χ3v) is 6.58. The number of ether oxygens (including phenoxy) is 3. The van der Waals surface area contributed by atoms with E-state index in [2.05, 4.69) is 5.32 Å². The summed E-state index contributed by atoms with van der Waals surface area (Å²) in [6, 6.07) is -1.52. The molecule has 0 aromatic rings. The number of hydrogen-bond donors (Lipinski definition) is 1. The van der Waals surface area contributed by atoms with Gasteiger partial charge in [-0.05, 0) is 39.5 Å². The van der Waals surface area contributed by atoms with E-state index in [9.17, 15) is 9.36 Å². The molecule has 7 nitrogen and oxygen atoms in total. The first kappa shape index (κ1) is 24.5. The monoisotopic (exact) mass is 381 g/mol. The predicted octanol–water partition coefficient (Wildman–Crippen LogP) is 3.57. The zero-order chi connectivity index (χ0) is 19.5. The van der Waals surface area contributed by atoms with Crippen LogP contribution in [0.3, 0.4) is 0 Å². The third-order valence-electron chi connectivity index (χ3n) is 3.65. The number of carbonyl (C=O) groups is 1. The van der Waals surface area contributed by atoms with Crippen molar-refractivity contribution in [2.75, 3.05) is 26.9 Å². The van der Waals surface area contributed by atoms with E-state index in [1.165, 1.54) is 7.11 Å². The van der Waals surface area contributed by atoms with E-state index in [0.717, 1.165) is 0 Å². The molecule has 0 saturated carbocycles. The molecule has 0 heterocycles. The van der Waals surface area contributed by atoms with Gasteiger partial charge in [0.15, 0.2) is 0 Å². The first-order valence-electron chi connectivity index (χ1n) is 9.11. The molecule has 3 atom stereocenters. The summed E-state index contributed by atoms with van der Waals surface area (Å²) in [7, 11) is -2.03. The van der Waals surface area contributed by atoms with E-state index in [1.54, 1.807) is 6.92 Å². The molecule has 0 aliphatic rings. The van der Waals surface area contributed by atoms with Crippen LogP contribution in [0.25, 0.3) is 0 Å². The Morgan fingerprint density at radius 3 is 1.96 bits per heavy atom. The second kappa shape index (κ2) is 12.8. The van der Waals surface area contributed by atoms with E-state index in [1.807, 2.05) is 34.6 Å². The number of hydrogen-bond acceptors (Lipinski definition) is 7. The van der Waals surface area contributed by atoms with Gasteiger partial charge in [-0.25, -0.2) is 0 Å². The Morgan fingerprint density at radius 2 is 1.60 bits per heavy atom. The second-order valence-electron chi connectivity index (χ2n) is 6.08. The van der Waals surface area contributed by atoms with Crippen molar-refractivity contribution in [1.82, 2.24) is 5.32 Å². The Morgan fingerprint density at radius 1 is 1.04 bits per heavy atom. The number of nitrogens with one attached hydrogen (secondary N) is 1. The fraction of sp³-hybridized carbons (Fsp3) is 0.941. The molecule has 0 aliphatic carbocycles. The van der Waals surface area contributed by atoms with Crippen molar-refractivity contribution >= 4 is 13.3 Å². The second-order valence-corrected chi connectivity index (χ2v) is 8.67. The first-order valence-corrected chi connectivity index (χ1v) is 10.9. The largest absolute Gasteiger partial charge is 0.468 e. The molecular formula is C17H36NO6P. The summed E-state index contributed by atoms with van der Waals surface area (Å²) in [4.78, 5) is 12.1. The fourth-order valence-corrected chi connectivity index (χ4v) is 5.20. The number of esters is 1. The van der Waals surface area contributed by atoms with Crippen LogP contribution in [0.4, 0.5) is 0 Å². The average Bonchev–Trinajstić information content (AvgIpc) is 2.57. The van der Waals surface area contributed by atoms with Gasteiger partial charge in [0.2, 0.25) is 6.03 Å². The van der Waals surface area contributed by atoms with Crippen LogP contribution in [-0.4, -0.2) is 50.8 Å². The predicted molar refractivity (Wildman–Crippen MR) is 98.7 cm³/mol. The average molecular weight is 381 g/mol. The summed E-state index contributed by atoms with van der Waals surface area (Å²) in [5, 5.41) is 3.19. The highest BCUT2D eigenvalue weighted by atomic mass is 31.2. The van der Waals surface area contributed by atoms with Gasteiger partial charge in [-0.3, -0.25) is 14.7 Å². The minimum Gasteiger partial charge on any atom is -0.468 e. The zero-order valence-corrected chi connectivity index (χ0v) is 17.6. The SMILES string of the molecule is CCOC(OCC)[P@](=O)(OCC)[C@@H](CC)N[C@@H](CC(C)C)C(=O)OC. The maximum atomic E-state index is 13.7. The van der Waals surface area contributed by atoms with Crippen molar-refractivity contribution < 1.29 is 28.1 Å². The van der Waals surface area contributed by atoms with Crippen LogP contribution in [0.5, 0.6) is 0 Å². The van der Waals surface area contributed by atoms with Crippen molar-refractivity contribution in [2.24, 2.45) is 5.92 Å². The quantitative estimate of drug-likeness (QED) is 0.280. The topological polar surface area (TPSA) is 83.1 Å². The van der Waals surface area contributed by atoms with E-state index in [0.29, 0.717) is 26.1 Å². The lowest BCUT2D eigenvalue weighted by Gasteiger charge is -2.34. The van der Waals surface area contributed by atoms with Gasteiger partial charge < -0.3 is 18.7 Å². The third kappa shape index (κ3) is 7.75. The molecule has 0 amide bonds. The van der Waals surface area contributed by atoms with Gasteiger partial charge in [-0.1, -0.05) is 20.8 Å². The molecule has 0 spiro atoms. The molecule has 0 fully saturated rings. The van der Waals surface area contributed by atoms with E-state index >= 15 is 0 Å². The highest BCUT2D eigenvalue weighted by Crippen LogP contribution is 2.57. The van der Waals surface area contributed by atoms with Crippen molar-refractivity contribution in [3.05, 3.63) is 0 Å². The van der Waals surface area contributed by atoms with Crippen molar-refractivity contribution in [2.45, 2.75) is 72.2 Å². The van der Waals surface area contributed by atoms with Crippen LogP contribution in [0, 0.1) is 5.92 Å². The lowest BCUT2D eigenvalue weighted by atomic mass is 10.0. The molecule has 0 aliphatic heterocycles. The van der Waals surface area contributed by atoms with Crippen LogP contribution in [0.15, 0.2) is 0 Å². The van der Waals surface area contributed by atoms with Crippen LogP contribution in [-0.2, 0) is 28.1 Å². The molecule has 0 aromatic heterocycles. The molecular weight excluding hydrogens is 345 g/mol. The summed E-state index contributed by atoms with van der Waals surface area (Å²) in [6.45, 7) is 12.3. The van der Waals surface area contributed by atoms with Gasteiger partial charge in [0.1, 0.15) is 6.04 Å². The molecule has 0 aromatic carbocycles. The molecule has 0 saturated heterocycles. The molecule has 150 valence electrons. The Hall–Kier alpha value is -0.460. The maximum Gasteiger partial charge on any atom is 0.322 e. The molecule has 1 N–H and O–H groups in total. The Balaban J connectivity index is 5.60. The van der Waals surface area contributed by atoms with Crippen molar-refractivity contribution in [3.63, 3.8) is 0 Å². The molecule has 0 rings (SSSR count). The van der Waals surface area contributed by atoms with Gasteiger partial charge in [-0.2, -0.15) is 0 Å². The van der Waals surface area contributed by atoms with Crippen molar-refractivity contribution in [3.8, 4) is 0 Å². The van der Waals surface area contributed by atoms with Gasteiger partial charge >= 0.3 is 5.97 Å². The first-order chi connectivity index (χ1) is 11.8. The van der Waals surface area contributed by atoms with E-state index in [4.69, 9.17) is 18.7 Å². The summed E-state index contributed by atoms with van der Waals surface area (Å²) < 4.78 is 35.4. The van der Waals surface area contributed by atoms with Crippen LogP contribution >= 0.6 is 7.37 Å². The van der Waals surface area contributed by atoms with E-state index < -0.39 is 25.2 Å². The minimum atomic E-state index is -3.38. The lowest BCUT2D eigenvalue weighted by molar-refractivity contribution is -0.143. The number of rotatable bonds is 14. The van der Waals surface area contributed by atoms with Crippen LogP contribution in [0.2, 0.25) is 0 Å². The highest BCUT2D eigenvalue weighted by Gasteiger charge is 2.44. The fourth-order valence-electron chi connectivity index (χ4n) is 2.60. The van der Waals surface area contributed by atoms with Crippen LogP contribution in [0.1, 0.15) is 54.4 Å². The Bertz CT molecular complexity index is 412. The number of carbonyl (C=O) groups excluding carboxylic acids is 1. The minimum absolute atomic E-state index is 0.263. The summed E-state index contributed by atoms with van der Waals surface area (Å²) in [6.07, 6.45) is 1.07. The molecule has 0 unspecified atom stereocenters. The van der Waals surface area contributed by atoms with Gasteiger partial charge in [0.25, 0.3) is 7.37 Å². The van der Waals surface area contributed by atoms with Crippen LogP contribution < -0.4 is 5.32 Å². The smallest absolute Gasteiger partial charge is 0.322 e. The van der Waals surface area contributed by atoms with Gasteiger partial charge in [0.05, 0.1) is 19.5 Å². The maximum absolute atomic E-state index is 13.7. The Labute approximate surface area is 152 Å². The molecule has 25 heavy (non-hydrogen) atoms. The van der Waals surface area contributed by atoms with Gasteiger partial charge in [0, 0.05) is 13.2 Å². The molecule has 8 heteroatoms. The standard InChI is InChI=1S/C17H36NO6P/c1-8-15(18-14(12-13(5)6)16(19)21-7)25(20,24-11-4)17(22-9-2)23-10-3/h13-15,17-18H,8-12H2,1-7H3/t14-,15-,25+/m0/s1. The highest BCUT2D eigenvalue weighted by molar-refractivity contribution is 7.60. The molecule has 0 bridgehead atoms. The van der Waals surface area contributed by atoms with Gasteiger partial charge in [-0.15, -0.1) is 0 Å². The summed E-state index contributed by atoms with van der Waals surface area (Å²) in [5.41, 5.74) is 0. The normalized spacial score (nSPS) is 16.7. The molecule has 0 radical (unpaired) electrons. The lowest BCUT2D eigenvalue weighted by Crippen LogP contribution is -2.46. The number of methoxy groups -OCH3 is 1. The summed E-state index contributed by atoms with van der Waals surface area (Å²) in [5.74, 6) is -0.673. The van der Waals surface area contributed by atoms with Crippen molar-refractivity contribution in [1.29, 1.82) is 0 Å². The summed E-state index contributed by atoms with van der Waals surface area (Å²) >= 11 is 0. The Kier molecular flexibility index (Phi) is 12.6. The zero-order valence-electron chi connectivity index (χ0n) is 16.7.